The van der Waals surface area contributed by atoms with E-state index in [-0.39, 0.29) is 12.4 Å². The van der Waals surface area contributed by atoms with Crippen LogP contribution in [0.4, 0.5) is 0 Å². The van der Waals surface area contributed by atoms with Crippen LogP contribution in [0.5, 0.6) is 5.75 Å². The summed E-state index contributed by atoms with van der Waals surface area (Å²) in [4.78, 5) is 7.77. The molecule has 2 rings (SSSR count). The monoisotopic (exact) mass is 350 g/mol. The molecular weight excluding hydrogens is 324 g/mol. The first-order chi connectivity index (χ1) is 11.2. The van der Waals surface area contributed by atoms with Crippen molar-refractivity contribution in [2.75, 3.05) is 33.4 Å². The second-order valence-corrected chi connectivity index (χ2v) is 5.46. The lowest BCUT2D eigenvalue weighted by Gasteiger charge is -2.16. The van der Waals surface area contributed by atoms with Gasteiger partial charge in [0.1, 0.15) is 12.4 Å². The number of rotatable bonds is 8. The lowest BCUT2D eigenvalue weighted by atomic mass is 10.0. The van der Waals surface area contributed by atoms with Gasteiger partial charge < -0.3 is 14.5 Å². The number of fused-ring (bicyclic) bond motifs is 1. The molecule has 0 saturated carbocycles. The highest BCUT2D eigenvalue weighted by molar-refractivity contribution is 6.01. The Hall–Kier alpha value is -1.78. The van der Waals surface area contributed by atoms with E-state index in [1.165, 1.54) is 5.39 Å². The highest BCUT2D eigenvalue weighted by Gasteiger charge is 2.03. The van der Waals surface area contributed by atoms with E-state index < -0.39 is 0 Å². The second-order valence-electron chi connectivity index (χ2n) is 5.46. The highest BCUT2D eigenvalue weighted by Crippen LogP contribution is 2.22. The summed E-state index contributed by atoms with van der Waals surface area (Å²) in [7, 11) is 1.68. The summed E-state index contributed by atoms with van der Waals surface area (Å²) < 4.78 is 5.26. The number of halogens is 1. The summed E-state index contributed by atoms with van der Waals surface area (Å²) in [6.45, 7) is 9.88. The van der Waals surface area contributed by atoms with E-state index in [1.54, 1.807) is 7.11 Å². The molecule has 0 heterocycles. The molecule has 0 fully saturated rings. The Morgan fingerprint density at radius 3 is 2.38 bits per heavy atom. The molecule has 0 aliphatic rings. The van der Waals surface area contributed by atoms with Crippen LogP contribution < -0.4 is 4.74 Å². The number of benzene rings is 2. The predicted octanol–water partition coefficient (Wildman–Crippen LogP) is 4.35. The molecule has 24 heavy (non-hydrogen) atoms. The summed E-state index contributed by atoms with van der Waals surface area (Å²) in [6.07, 6.45) is 0. The summed E-state index contributed by atoms with van der Waals surface area (Å²) in [5.41, 5.74) is 1.97. The molecule has 0 aromatic heterocycles. The van der Waals surface area contributed by atoms with Crippen LogP contribution in [0.1, 0.15) is 26.3 Å². The van der Waals surface area contributed by atoms with Crippen molar-refractivity contribution < 1.29 is 9.57 Å². The summed E-state index contributed by atoms with van der Waals surface area (Å²) in [5, 5.41) is 6.56. The Bertz CT molecular complexity index is 669. The van der Waals surface area contributed by atoms with Crippen molar-refractivity contribution in [1.82, 2.24) is 4.90 Å². The van der Waals surface area contributed by atoms with Gasteiger partial charge in [0.2, 0.25) is 0 Å². The normalized spacial score (nSPS) is 11.5. The lowest BCUT2D eigenvalue weighted by molar-refractivity contribution is 0.114. The van der Waals surface area contributed by atoms with Crippen LogP contribution >= 0.6 is 12.4 Å². The summed E-state index contributed by atoms with van der Waals surface area (Å²) >= 11 is 0. The number of oxime groups is 1. The van der Waals surface area contributed by atoms with E-state index >= 15 is 0 Å². The van der Waals surface area contributed by atoms with E-state index in [9.17, 15) is 0 Å². The number of ether oxygens (including phenoxy) is 1. The molecule has 0 saturated heterocycles. The third-order valence-electron chi connectivity index (χ3n) is 4.06. The fourth-order valence-electron chi connectivity index (χ4n) is 2.48. The average Bonchev–Trinajstić information content (AvgIpc) is 2.60. The summed E-state index contributed by atoms with van der Waals surface area (Å²) in [6, 6.07) is 12.3. The average molecular weight is 351 g/mol. The van der Waals surface area contributed by atoms with Gasteiger partial charge in [0, 0.05) is 6.54 Å². The Morgan fingerprint density at radius 2 is 1.71 bits per heavy atom. The van der Waals surface area contributed by atoms with Gasteiger partial charge in [-0.3, -0.25) is 0 Å². The van der Waals surface area contributed by atoms with Crippen molar-refractivity contribution >= 4 is 28.9 Å². The topological polar surface area (TPSA) is 34.1 Å². The van der Waals surface area contributed by atoms with E-state index in [2.05, 4.69) is 48.2 Å². The molecule has 132 valence electrons. The van der Waals surface area contributed by atoms with Crippen LogP contribution in [0.3, 0.4) is 0 Å². The van der Waals surface area contributed by atoms with Crippen LogP contribution in [-0.2, 0) is 4.84 Å². The molecule has 0 spiro atoms. The maximum absolute atomic E-state index is 5.46. The Labute approximate surface area is 150 Å². The minimum absolute atomic E-state index is 0. The fraction of sp³-hybridized carbons (Fsp3) is 0.421. The molecule has 0 amide bonds. The first kappa shape index (κ1) is 20.3. The number of methoxy groups -OCH3 is 1. The summed E-state index contributed by atoms with van der Waals surface area (Å²) in [5.74, 6) is 0.871. The molecule has 2 aromatic carbocycles. The van der Waals surface area contributed by atoms with Crippen molar-refractivity contribution in [2.24, 2.45) is 5.16 Å². The largest absolute Gasteiger partial charge is 0.497 e. The van der Waals surface area contributed by atoms with E-state index in [0.29, 0.717) is 6.61 Å². The van der Waals surface area contributed by atoms with Crippen molar-refractivity contribution in [3.8, 4) is 5.75 Å². The van der Waals surface area contributed by atoms with Crippen LogP contribution in [0, 0.1) is 0 Å². The SMILES string of the molecule is CCN(CC)CCO/N=C(\C)c1ccc2cc(OC)ccc2c1.Cl. The van der Waals surface area contributed by atoms with Crippen LogP contribution in [-0.4, -0.2) is 44.0 Å². The third-order valence-corrected chi connectivity index (χ3v) is 4.06. The van der Waals surface area contributed by atoms with Gasteiger partial charge in [-0.1, -0.05) is 37.2 Å². The van der Waals surface area contributed by atoms with Crippen LogP contribution in [0.25, 0.3) is 10.8 Å². The van der Waals surface area contributed by atoms with E-state index in [1.807, 2.05) is 19.1 Å². The van der Waals surface area contributed by atoms with Crippen LogP contribution in [0.2, 0.25) is 0 Å². The molecule has 4 nitrogen and oxygen atoms in total. The molecule has 0 unspecified atom stereocenters. The molecular formula is C19H27ClN2O2. The minimum Gasteiger partial charge on any atom is -0.497 e. The predicted molar refractivity (Wildman–Crippen MR) is 104 cm³/mol. The molecule has 0 N–H and O–H groups in total. The van der Waals surface area contributed by atoms with Gasteiger partial charge >= 0.3 is 0 Å². The molecule has 2 aromatic rings. The minimum atomic E-state index is 0. The Kier molecular flexibility index (Phi) is 8.58. The Balaban J connectivity index is 0.00000288. The number of nitrogens with zero attached hydrogens (tertiary/aromatic N) is 2. The van der Waals surface area contributed by atoms with Gasteiger partial charge in [0.15, 0.2) is 0 Å². The van der Waals surface area contributed by atoms with Crippen molar-refractivity contribution in [3.63, 3.8) is 0 Å². The fourth-order valence-corrected chi connectivity index (χ4v) is 2.48. The zero-order chi connectivity index (χ0) is 16.7. The van der Waals surface area contributed by atoms with Crippen molar-refractivity contribution in [3.05, 3.63) is 42.0 Å². The second kappa shape index (κ2) is 10.2. The zero-order valence-corrected chi connectivity index (χ0v) is 15.7. The van der Waals surface area contributed by atoms with Gasteiger partial charge in [-0.25, -0.2) is 0 Å². The van der Waals surface area contributed by atoms with E-state index in [0.717, 1.165) is 42.0 Å². The van der Waals surface area contributed by atoms with Gasteiger partial charge in [-0.05, 0) is 54.5 Å². The molecule has 0 atom stereocenters. The van der Waals surface area contributed by atoms with Crippen molar-refractivity contribution in [1.29, 1.82) is 0 Å². The van der Waals surface area contributed by atoms with Crippen LogP contribution in [0.15, 0.2) is 41.6 Å². The number of hydrogen-bond acceptors (Lipinski definition) is 4. The van der Waals surface area contributed by atoms with Crippen molar-refractivity contribution in [2.45, 2.75) is 20.8 Å². The maximum Gasteiger partial charge on any atom is 0.129 e. The lowest BCUT2D eigenvalue weighted by Crippen LogP contribution is -2.26. The third kappa shape index (κ3) is 5.39. The molecule has 0 aliphatic heterocycles. The van der Waals surface area contributed by atoms with Gasteiger partial charge in [-0.15, -0.1) is 12.4 Å². The smallest absolute Gasteiger partial charge is 0.129 e. The number of hydrogen-bond donors (Lipinski definition) is 0. The standard InChI is InChI=1S/C19H26N2O2.ClH/c1-5-21(6-2)11-12-23-20-15(3)16-7-8-18-14-19(22-4)10-9-17(18)13-16;/h7-10,13-14H,5-6,11-12H2,1-4H3;1H/b20-15+;. The number of likely N-dealkylation sites (N-methyl/N-ethyl adjacent to an activating group) is 1. The molecule has 0 radical (unpaired) electrons. The van der Waals surface area contributed by atoms with Gasteiger partial charge in [-0.2, -0.15) is 0 Å². The first-order valence-corrected chi connectivity index (χ1v) is 8.15. The molecule has 0 bridgehead atoms. The Morgan fingerprint density at radius 1 is 1.04 bits per heavy atom. The van der Waals surface area contributed by atoms with Gasteiger partial charge in [0.25, 0.3) is 0 Å². The first-order valence-electron chi connectivity index (χ1n) is 8.15. The molecule has 0 aliphatic carbocycles. The maximum atomic E-state index is 5.46. The van der Waals surface area contributed by atoms with Gasteiger partial charge in [0.05, 0.1) is 12.8 Å². The highest BCUT2D eigenvalue weighted by atomic mass is 35.5. The van der Waals surface area contributed by atoms with E-state index in [4.69, 9.17) is 9.57 Å². The zero-order valence-electron chi connectivity index (χ0n) is 14.9. The quantitative estimate of drug-likeness (QED) is 0.403. The molecule has 5 heteroatoms.